The van der Waals surface area contributed by atoms with Crippen molar-refractivity contribution in [2.24, 2.45) is 0 Å². The number of halogens is 1. The van der Waals surface area contributed by atoms with Gasteiger partial charge in [0.25, 0.3) is 5.69 Å². The molecule has 146 valence electrons. The SMILES string of the molecule is Cc1ccc(S(=O)(=O)NCCNS(=O)(=O)c2ccc(Cl)cc2)cc1[N+](=O)[O-]. The first-order chi connectivity index (χ1) is 12.5. The summed E-state index contributed by atoms with van der Waals surface area (Å²) in [6.45, 7) is 1.04. The molecular formula is C15H16ClN3O6S2. The molecule has 2 aromatic carbocycles. The number of nitro groups is 1. The average molecular weight is 434 g/mol. The zero-order valence-electron chi connectivity index (χ0n) is 14.0. The lowest BCUT2D eigenvalue weighted by Gasteiger charge is -2.09. The molecule has 0 aliphatic carbocycles. The first kappa shape index (κ1) is 21.3. The number of nitrogens with zero attached hydrogens (tertiary/aromatic N) is 1. The number of hydrogen-bond acceptors (Lipinski definition) is 6. The molecule has 0 radical (unpaired) electrons. The van der Waals surface area contributed by atoms with E-state index in [4.69, 9.17) is 11.6 Å². The van der Waals surface area contributed by atoms with Gasteiger partial charge < -0.3 is 0 Å². The molecule has 0 aliphatic rings. The van der Waals surface area contributed by atoms with Crippen molar-refractivity contribution in [1.29, 1.82) is 0 Å². The van der Waals surface area contributed by atoms with Gasteiger partial charge in [-0.15, -0.1) is 0 Å². The summed E-state index contributed by atoms with van der Waals surface area (Å²) in [5, 5.41) is 11.3. The lowest BCUT2D eigenvalue weighted by molar-refractivity contribution is -0.385. The molecule has 2 N–H and O–H groups in total. The number of sulfonamides is 2. The molecule has 2 rings (SSSR count). The van der Waals surface area contributed by atoms with Gasteiger partial charge in [0.15, 0.2) is 0 Å². The fraction of sp³-hybridized carbons (Fsp3) is 0.200. The molecule has 0 amide bonds. The Kier molecular flexibility index (Phi) is 6.54. The van der Waals surface area contributed by atoms with Crippen molar-refractivity contribution >= 4 is 37.3 Å². The molecule has 2 aromatic rings. The van der Waals surface area contributed by atoms with Crippen molar-refractivity contribution in [2.75, 3.05) is 13.1 Å². The van der Waals surface area contributed by atoms with E-state index >= 15 is 0 Å². The Balaban J connectivity index is 2.01. The van der Waals surface area contributed by atoms with E-state index in [1.807, 2.05) is 0 Å². The van der Waals surface area contributed by atoms with Crippen molar-refractivity contribution in [3.05, 3.63) is 63.2 Å². The summed E-state index contributed by atoms with van der Waals surface area (Å²) >= 11 is 5.70. The molecule has 0 heterocycles. The summed E-state index contributed by atoms with van der Waals surface area (Å²) < 4.78 is 53.1. The minimum absolute atomic E-state index is 0.0103. The standard InChI is InChI=1S/C15H16ClN3O6S2/c1-11-2-5-14(10-15(11)19(20)21)27(24,25)18-9-8-17-26(22,23)13-6-3-12(16)4-7-13/h2-7,10,17-18H,8-9H2,1H3. The molecule has 0 saturated heterocycles. The summed E-state index contributed by atoms with van der Waals surface area (Å²) in [4.78, 5) is 9.97. The highest BCUT2D eigenvalue weighted by molar-refractivity contribution is 7.89. The maximum Gasteiger partial charge on any atom is 0.273 e. The number of hydrogen-bond donors (Lipinski definition) is 2. The fourth-order valence-corrected chi connectivity index (χ4v) is 4.31. The number of nitrogens with one attached hydrogen (secondary N) is 2. The highest BCUT2D eigenvalue weighted by Gasteiger charge is 2.20. The predicted octanol–water partition coefficient (Wildman–Crippen LogP) is 1.81. The van der Waals surface area contributed by atoms with Crippen LogP contribution in [0.1, 0.15) is 5.56 Å². The Bertz CT molecular complexity index is 1050. The average Bonchev–Trinajstić information content (AvgIpc) is 2.59. The van der Waals surface area contributed by atoms with Crippen LogP contribution in [0, 0.1) is 17.0 Å². The third-order valence-corrected chi connectivity index (χ3v) is 6.71. The monoisotopic (exact) mass is 433 g/mol. The number of rotatable bonds is 8. The van der Waals surface area contributed by atoms with Gasteiger partial charge in [0.05, 0.1) is 14.7 Å². The molecule has 12 heteroatoms. The molecule has 0 saturated carbocycles. The molecule has 0 unspecified atom stereocenters. The van der Waals surface area contributed by atoms with Crippen LogP contribution in [0.4, 0.5) is 5.69 Å². The number of nitro benzene ring substituents is 1. The van der Waals surface area contributed by atoms with Crippen LogP contribution in [0.5, 0.6) is 0 Å². The molecule has 27 heavy (non-hydrogen) atoms. The van der Waals surface area contributed by atoms with Crippen LogP contribution in [0.2, 0.25) is 5.02 Å². The van der Waals surface area contributed by atoms with Crippen molar-refractivity contribution in [2.45, 2.75) is 16.7 Å². The summed E-state index contributed by atoms with van der Waals surface area (Å²) in [6, 6.07) is 9.00. The Morgan fingerprint density at radius 1 is 0.926 bits per heavy atom. The van der Waals surface area contributed by atoms with E-state index in [2.05, 4.69) is 9.44 Å². The highest BCUT2D eigenvalue weighted by Crippen LogP contribution is 2.22. The largest absolute Gasteiger partial charge is 0.273 e. The summed E-state index contributed by atoms with van der Waals surface area (Å²) in [5.74, 6) is 0. The predicted molar refractivity (Wildman–Crippen MR) is 99.7 cm³/mol. The van der Waals surface area contributed by atoms with E-state index in [9.17, 15) is 26.9 Å². The second-order valence-electron chi connectivity index (χ2n) is 5.45. The van der Waals surface area contributed by atoms with Crippen molar-refractivity contribution in [3.63, 3.8) is 0 Å². The van der Waals surface area contributed by atoms with Crippen LogP contribution < -0.4 is 9.44 Å². The lowest BCUT2D eigenvalue weighted by atomic mass is 10.2. The van der Waals surface area contributed by atoms with Gasteiger partial charge in [-0.3, -0.25) is 10.1 Å². The topological polar surface area (TPSA) is 135 Å². The van der Waals surface area contributed by atoms with Gasteiger partial charge in [-0.2, -0.15) is 0 Å². The van der Waals surface area contributed by atoms with E-state index in [1.165, 1.54) is 43.3 Å². The first-order valence-electron chi connectivity index (χ1n) is 7.53. The van der Waals surface area contributed by atoms with Gasteiger partial charge in [-0.05, 0) is 37.3 Å². The van der Waals surface area contributed by atoms with Crippen LogP contribution in [0.25, 0.3) is 0 Å². The van der Waals surface area contributed by atoms with Gasteiger partial charge in [0, 0.05) is 29.7 Å². The van der Waals surface area contributed by atoms with Crippen molar-refractivity contribution < 1.29 is 21.8 Å². The van der Waals surface area contributed by atoms with Gasteiger partial charge in [-0.1, -0.05) is 17.7 Å². The lowest BCUT2D eigenvalue weighted by Crippen LogP contribution is -2.34. The van der Waals surface area contributed by atoms with Crippen LogP contribution >= 0.6 is 11.6 Å². The summed E-state index contributed by atoms with van der Waals surface area (Å²) in [7, 11) is -7.84. The molecule has 0 aromatic heterocycles. The zero-order valence-corrected chi connectivity index (χ0v) is 16.4. The van der Waals surface area contributed by atoms with Gasteiger partial charge in [0.2, 0.25) is 20.0 Å². The normalized spacial score (nSPS) is 12.1. The van der Waals surface area contributed by atoms with E-state index in [0.717, 1.165) is 6.07 Å². The third-order valence-electron chi connectivity index (χ3n) is 3.52. The van der Waals surface area contributed by atoms with E-state index in [0.29, 0.717) is 10.6 Å². The molecule has 0 atom stereocenters. The Morgan fingerprint density at radius 3 is 1.93 bits per heavy atom. The Hall–Kier alpha value is -2.05. The minimum Gasteiger partial charge on any atom is -0.258 e. The van der Waals surface area contributed by atoms with E-state index < -0.39 is 25.0 Å². The van der Waals surface area contributed by atoms with Gasteiger partial charge >= 0.3 is 0 Å². The molecule has 0 fully saturated rings. The van der Waals surface area contributed by atoms with E-state index in [1.54, 1.807) is 0 Å². The molecule has 0 bridgehead atoms. The van der Waals surface area contributed by atoms with Crippen molar-refractivity contribution in [1.82, 2.24) is 9.44 Å². The van der Waals surface area contributed by atoms with E-state index in [-0.39, 0.29) is 28.6 Å². The minimum atomic E-state index is -4.03. The van der Waals surface area contributed by atoms with Crippen LogP contribution in [-0.4, -0.2) is 34.8 Å². The number of benzene rings is 2. The quantitative estimate of drug-likeness (QED) is 0.370. The summed E-state index contributed by atoms with van der Waals surface area (Å²) in [6.07, 6.45) is 0. The summed E-state index contributed by atoms with van der Waals surface area (Å²) in [5.41, 5.74) is 0.0102. The smallest absolute Gasteiger partial charge is 0.258 e. The van der Waals surface area contributed by atoms with Crippen LogP contribution in [-0.2, 0) is 20.0 Å². The van der Waals surface area contributed by atoms with Crippen LogP contribution in [0.15, 0.2) is 52.3 Å². The Labute approximate surface area is 161 Å². The second-order valence-corrected chi connectivity index (χ2v) is 9.43. The zero-order chi connectivity index (χ0) is 20.2. The third kappa shape index (κ3) is 5.47. The maximum atomic E-state index is 12.2. The molecule has 0 aliphatic heterocycles. The maximum absolute atomic E-state index is 12.2. The molecule has 0 spiro atoms. The number of aryl methyl sites for hydroxylation is 1. The molecule has 9 nitrogen and oxygen atoms in total. The van der Waals surface area contributed by atoms with Gasteiger partial charge in [0.1, 0.15) is 0 Å². The second kappa shape index (κ2) is 8.31. The Morgan fingerprint density at radius 2 is 1.41 bits per heavy atom. The fourth-order valence-electron chi connectivity index (χ4n) is 2.10. The first-order valence-corrected chi connectivity index (χ1v) is 10.9. The van der Waals surface area contributed by atoms with Crippen molar-refractivity contribution in [3.8, 4) is 0 Å². The highest BCUT2D eigenvalue weighted by atomic mass is 35.5. The molecular weight excluding hydrogens is 418 g/mol. The van der Waals surface area contributed by atoms with Crippen LogP contribution in [0.3, 0.4) is 0 Å². The van der Waals surface area contributed by atoms with Gasteiger partial charge in [-0.25, -0.2) is 26.3 Å².